The average Bonchev–Trinajstić information content (AvgIpc) is 3.03. The van der Waals surface area contributed by atoms with E-state index in [1.165, 1.54) is 6.92 Å². The van der Waals surface area contributed by atoms with Gasteiger partial charge in [0.05, 0.1) is 13.2 Å². The molecule has 0 N–H and O–H groups in total. The molecule has 5 nitrogen and oxygen atoms in total. The summed E-state index contributed by atoms with van der Waals surface area (Å²) in [4.78, 5) is 24.2. The molecule has 0 bridgehead atoms. The third kappa shape index (κ3) is 2.44. The van der Waals surface area contributed by atoms with Crippen LogP contribution in [0.5, 0.6) is 0 Å². The van der Waals surface area contributed by atoms with Gasteiger partial charge in [0.1, 0.15) is 5.76 Å². The molecule has 146 valence electrons. The maximum absolute atomic E-state index is 12.2. The van der Waals surface area contributed by atoms with Crippen LogP contribution in [-0.2, 0) is 23.8 Å². The Bertz CT molecular complexity index is 809. The molecule has 2 atom stereocenters. The van der Waals surface area contributed by atoms with Crippen LogP contribution in [0.1, 0.15) is 53.9 Å². The van der Waals surface area contributed by atoms with Gasteiger partial charge in [-0.1, -0.05) is 33.8 Å². The first kappa shape index (κ1) is 18.6. The van der Waals surface area contributed by atoms with Gasteiger partial charge in [-0.25, -0.2) is 0 Å². The second-order valence-electron chi connectivity index (χ2n) is 9.19. The Kier molecular flexibility index (Phi) is 3.90. The van der Waals surface area contributed by atoms with Crippen LogP contribution in [0.15, 0.2) is 35.1 Å². The number of allylic oxidation sites excluding steroid dienone is 5. The zero-order valence-corrected chi connectivity index (χ0v) is 16.8. The molecule has 0 aromatic rings. The molecule has 4 aliphatic rings. The van der Waals surface area contributed by atoms with Gasteiger partial charge in [0.15, 0.2) is 11.6 Å². The van der Waals surface area contributed by atoms with E-state index in [4.69, 9.17) is 14.2 Å². The smallest absolute Gasteiger partial charge is 0.307 e. The highest BCUT2D eigenvalue weighted by molar-refractivity contribution is 6.01. The fourth-order valence-corrected chi connectivity index (χ4v) is 5.96. The van der Waals surface area contributed by atoms with Gasteiger partial charge >= 0.3 is 5.97 Å². The Labute approximate surface area is 160 Å². The minimum atomic E-state index is -0.712. The number of hydrogen-bond donors (Lipinski definition) is 0. The third-order valence-corrected chi connectivity index (χ3v) is 7.02. The molecule has 0 radical (unpaired) electrons. The summed E-state index contributed by atoms with van der Waals surface area (Å²) in [7, 11) is 0. The van der Waals surface area contributed by atoms with E-state index >= 15 is 0 Å². The third-order valence-electron chi connectivity index (χ3n) is 7.02. The molecule has 1 saturated heterocycles. The van der Waals surface area contributed by atoms with Crippen LogP contribution in [0, 0.1) is 16.2 Å². The molecule has 4 rings (SSSR count). The molecule has 1 heterocycles. The quantitative estimate of drug-likeness (QED) is 0.654. The summed E-state index contributed by atoms with van der Waals surface area (Å²) in [6.07, 6.45) is 7.44. The van der Waals surface area contributed by atoms with Crippen LogP contribution in [0.2, 0.25) is 0 Å². The van der Waals surface area contributed by atoms with E-state index in [0.717, 1.165) is 24.0 Å². The predicted octanol–water partition coefficient (Wildman–Crippen LogP) is 3.85. The minimum absolute atomic E-state index is 0.0189. The van der Waals surface area contributed by atoms with Crippen molar-refractivity contribution in [2.45, 2.75) is 59.7 Å². The highest BCUT2D eigenvalue weighted by Crippen LogP contribution is 2.67. The zero-order chi connectivity index (χ0) is 19.7. The Balaban J connectivity index is 1.96. The first-order valence-electron chi connectivity index (χ1n) is 9.70. The molecule has 1 aliphatic heterocycles. The summed E-state index contributed by atoms with van der Waals surface area (Å²) >= 11 is 0. The molecule has 3 aliphatic carbocycles. The van der Waals surface area contributed by atoms with Gasteiger partial charge in [-0.15, -0.1) is 0 Å². The normalized spacial score (nSPS) is 36.3. The summed E-state index contributed by atoms with van der Waals surface area (Å²) < 4.78 is 18.0. The van der Waals surface area contributed by atoms with Crippen molar-refractivity contribution in [2.24, 2.45) is 16.2 Å². The molecule has 27 heavy (non-hydrogen) atoms. The van der Waals surface area contributed by atoms with Crippen molar-refractivity contribution in [3.8, 4) is 0 Å². The first-order valence-corrected chi connectivity index (χ1v) is 9.70. The zero-order valence-electron chi connectivity index (χ0n) is 16.8. The maximum atomic E-state index is 12.2. The molecule has 2 fully saturated rings. The Morgan fingerprint density at radius 1 is 1.11 bits per heavy atom. The first-order chi connectivity index (χ1) is 12.5. The average molecular weight is 372 g/mol. The second kappa shape index (κ2) is 5.65. The van der Waals surface area contributed by atoms with Crippen molar-refractivity contribution < 1.29 is 23.8 Å². The molecule has 0 aromatic carbocycles. The van der Waals surface area contributed by atoms with Crippen molar-refractivity contribution in [1.29, 1.82) is 0 Å². The Morgan fingerprint density at radius 3 is 2.41 bits per heavy atom. The van der Waals surface area contributed by atoms with Crippen molar-refractivity contribution in [3.05, 3.63) is 35.1 Å². The SMILES string of the molecule is CC(=O)OC1=C2C(C)(C)C3(CC[C@]2(C)C2=CC(=O)C=C[C@]2(C)C1)OCCO3. The molecule has 0 unspecified atom stereocenters. The van der Waals surface area contributed by atoms with Crippen LogP contribution in [0.25, 0.3) is 0 Å². The second-order valence-corrected chi connectivity index (χ2v) is 9.19. The van der Waals surface area contributed by atoms with Crippen LogP contribution in [0.3, 0.4) is 0 Å². The van der Waals surface area contributed by atoms with E-state index in [-0.39, 0.29) is 22.6 Å². The summed E-state index contributed by atoms with van der Waals surface area (Å²) in [5.74, 6) is -0.316. The topological polar surface area (TPSA) is 61.8 Å². The number of rotatable bonds is 1. The lowest BCUT2D eigenvalue weighted by atomic mass is 9.47. The van der Waals surface area contributed by atoms with E-state index in [1.807, 2.05) is 6.08 Å². The molecule has 5 heteroatoms. The van der Waals surface area contributed by atoms with Crippen LogP contribution in [0.4, 0.5) is 0 Å². The van der Waals surface area contributed by atoms with Gasteiger partial charge < -0.3 is 14.2 Å². The van der Waals surface area contributed by atoms with Crippen molar-refractivity contribution in [2.75, 3.05) is 13.2 Å². The molecular weight excluding hydrogens is 344 g/mol. The number of ketones is 1. The fourth-order valence-electron chi connectivity index (χ4n) is 5.96. The van der Waals surface area contributed by atoms with Gasteiger partial charge in [0, 0.05) is 36.0 Å². The van der Waals surface area contributed by atoms with Gasteiger partial charge in [0.2, 0.25) is 0 Å². The number of hydrogen-bond acceptors (Lipinski definition) is 5. The monoisotopic (exact) mass is 372 g/mol. The molecule has 1 spiro atoms. The molecule has 0 aromatic heterocycles. The van der Waals surface area contributed by atoms with Gasteiger partial charge in [-0.05, 0) is 29.7 Å². The summed E-state index contributed by atoms with van der Waals surface area (Å²) in [5, 5.41) is 0. The summed E-state index contributed by atoms with van der Waals surface area (Å²) in [5.41, 5.74) is 0.921. The summed E-state index contributed by atoms with van der Waals surface area (Å²) in [6, 6.07) is 0. The largest absolute Gasteiger partial charge is 0.431 e. The van der Waals surface area contributed by atoms with Crippen molar-refractivity contribution >= 4 is 11.8 Å². The number of ether oxygens (including phenoxy) is 3. The van der Waals surface area contributed by atoms with Crippen LogP contribution in [-0.4, -0.2) is 30.8 Å². The number of carbonyl (C=O) groups excluding carboxylic acids is 2. The number of fused-ring (bicyclic) bond motifs is 3. The van der Waals surface area contributed by atoms with E-state index in [2.05, 4.69) is 27.7 Å². The van der Waals surface area contributed by atoms with Crippen LogP contribution < -0.4 is 0 Å². The summed E-state index contributed by atoms with van der Waals surface area (Å²) in [6.45, 7) is 11.1. The van der Waals surface area contributed by atoms with Gasteiger partial charge in [0.25, 0.3) is 0 Å². The standard InChI is InChI=1S/C22H28O5/c1-14(23)27-16-13-20(4)7-6-15(24)12-17(20)21(5)8-9-22(25-10-11-26-22)19(2,3)18(16)21/h6-7,12H,8-11,13H2,1-5H3/t20-,21-/m1/s1. The minimum Gasteiger partial charge on any atom is -0.431 e. The van der Waals surface area contributed by atoms with Crippen molar-refractivity contribution in [1.82, 2.24) is 0 Å². The highest BCUT2D eigenvalue weighted by atomic mass is 16.7. The lowest BCUT2D eigenvalue weighted by Gasteiger charge is -2.60. The highest BCUT2D eigenvalue weighted by Gasteiger charge is 2.64. The molecule has 1 saturated carbocycles. The number of esters is 1. The Hall–Kier alpha value is -1.72. The predicted molar refractivity (Wildman–Crippen MR) is 99.5 cm³/mol. The van der Waals surface area contributed by atoms with E-state index in [1.54, 1.807) is 12.2 Å². The van der Waals surface area contributed by atoms with E-state index in [0.29, 0.717) is 25.4 Å². The van der Waals surface area contributed by atoms with Crippen molar-refractivity contribution in [3.63, 3.8) is 0 Å². The molecule has 0 amide bonds. The van der Waals surface area contributed by atoms with Crippen LogP contribution >= 0.6 is 0 Å². The van der Waals surface area contributed by atoms with E-state index < -0.39 is 11.2 Å². The number of carbonyl (C=O) groups is 2. The fraction of sp³-hybridized carbons (Fsp3) is 0.636. The van der Waals surface area contributed by atoms with E-state index in [9.17, 15) is 9.59 Å². The lowest BCUT2D eigenvalue weighted by molar-refractivity contribution is -0.239. The molecular formula is C22H28O5. The maximum Gasteiger partial charge on any atom is 0.307 e. The lowest BCUT2D eigenvalue weighted by Crippen LogP contribution is -2.57. The van der Waals surface area contributed by atoms with Gasteiger partial charge in [-0.3, -0.25) is 9.59 Å². The Morgan fingerprint density at radius 2 is 1.78 bits per heavy atom. The van der Waals surface area contributed by atoms with Gasteiger partial charge in [-0.2, -0.15) is 0 Å².